The SMILES string of the molecule is CC1C[C@@H](C)CN(C(=O)C2=Cc3ccccc3-c3c(C4CCCCC4)c4ccc(C(=O)NS(=O)(=O)N(C)CCN(C)C)cc4n3C2)C1. The number of nitrogens with one attached hydrogen (secondary N) is 1. The van der Waals surface area contributed by atoms with Gasteiger partial charge in [-0.3, -0.25) is 9.59 Å². The van der Waals surface area contributed by atoms with Gasteiger partial charge in [-0.15, -0.1) is 0 Å². The molecule has 2 fully saturated rings. The summed E-state index contributed by atoms with van der Waals surface area (Å²) < 4.78 is 31.8. The molecular formula is C37H49N5O4S. The molecule has 6 rings (SSSR count). The van der Waals surface area contributed by atoms with Gasteiger partial charge < -0.3 is 14.4 Å². The summed E-state index contributed by atoms with van der Waals surface area (Å²) in [6.07, 6.45) is 8.95. The second-order valence-electron chi connectivity index (χ2n) is 14.4. The fourth-order valence-corrected chi connectivity index (χ4v) is 8.73. The minimum absolute atomic E-state index is 0.0628. The predicted octanol–water partition coefficient (Wildman–Crippen LogP) is 5.73. The standard InChI is InChI=1S/C37H49N5O4S/c1-25-19-26(2)23-41(22-25)37(44)30-20-28-13-9-10-14-31(28)35-34(27-11-7-6-8-12-27)32-16-15-29(21-33(32)42(35)24-30)36(43)38-47(45,46)40(5)18-17-39(3)4/h9-10,13-16,20-21,25-27H,6-8,11-12,17-19,22-24H2,1-5H3,(H,38,43)/t25-,26?/m1/s1. The number of fused-ring (bicyclic) bond motifs is 5. The van der Waals surface area contributed by atoms with E-state index < -0.39 is 16.1 Å². The van der Waals surface area contributed by atoms with E-state index in [9.17, 15) is 18.0 Å². The van der Waals surface area contributed by atoms with Crippen LogP contribution in [0.2, 0.25) is 0 Å². The summed E-state index contributed by atoms with van der Waals surface area (Å²) in [6, 6.07) is 13.9. The quantitative estimate of drug-likeness (QED) is 0.334. The van der Waals surface area contributed by atoms with Gasteiger partial charge in [0.25, 0.3) is 11.8 Å². The van der Waals surface area contributed by atoms with Crippen LogP contribution >= 0.6 is 0 Å². The molecule has 0 spiro atoms. The Bertz CT molecular complexity index is 1790. The second-order valence-corrected chi connectivity index (χ2v) is 16.2. The number of nitrogens with zero attached hydrogens (tertiary/aromatic N) is 4. The van der Waals surface area contributed by atoms with E-state index >= 15 is 0 Å². The molecule has 1 saturated carbocycles. The predicted molar refractivity (Wildman–Crippen MR) is 188 cm³/mol. The van der Waals surface area contributed by atoms with Crippen molar-refractivity contribution in [1.82, 2.24) is 23.4 Å². The summed E-state index contributed by atoms with van der Waals surface area (Å²) in [4.78, 5) is 31.7. The first kappa shape index (κ1) is 33.4. The molecular weight excluding hydrogens is 611 g/mol. The maximum Gasteiger partial charge on any atom is 0.303 e. The zero-order valence-corrected chi connectivity index (χ0v) is 29.3. The van der Waals surface area contributed by atoms with Crippen molar-refractivity contribution in [2.45, 2.75) is 64.8 Å². The highest BCUT2D eigenvalue weighted by atomic mass is 32.2. The molecule has 2 aromatic carbocycles. The van der Waals surface area contributed by atoms with Crippen molar-refractivity contribution in [3.63, 3.8) is 0 Å². The average molecular weight is 660 g/mol. The van der Waals surface area contributed by atoms with Crippen molar-refractivity contribution >= 4 is 39.0 Å². The van der Waals surface area contributed by atoms with E-state index in [1.165, 1.54) is 31.9 Å². The molecule has 1 N–H and O–H groups in total. The summed E-state index contributed by atoms with van der Waals surface area (Å²) >= 11 is 0. The van der Waals surface area contributed by atoms with Crippen molar-refractivity contribution in [1.29, 1.82) is 0 Å². The Labute approximate surface area is 279 Å². The van der Waals surface area contributed by atoms with Gasteiger partial charge in [-0.25, -0.2) is 4.72 Å². The van der Waals surface area contributed by atoms with Crippen LogP contribution in [0.15, 0.2) is 48.0 Å². The van der Waals surface area contributed by atoms with E-state index in [-0.39, 0.29) is 18.0 Å². The van der Waals surface area contributed by atoms with Crippen LogP contribution in [0.1, 0.15) is 79.8 Å². The number of likely N-dealkylation sites (N-methyl/N-ethyl adjacent to an activating group) is 2. The highest BCUT2D eigenvalue weighted by Crippen LogP contribution is 2.46. The molecule has 1 saturated heterocycles. The molecule has 2 amide bonds. The normalized spacial score (nSPS) is 20.6. The highest BCUT2D eigenvalue weighted by Gasteiger charge is 2.33. The molecule has 0 radical (unpaired) electrons. The lowest BCUT2D eigenvalue weighted by atomic mass is 9.81. The molecule has 3 aromatic rings. The van der Waals surface area contributed by atoms with Crippen molar-refractivity contribution in [3.8, 4) is 11.3 Å². The van der Waals surface area contributed by atoms with Crippen molar-refractivity contribution in [3.05, 3.63) is 64.7 Å². The van der Waals surface area contributed by atoms with Gasteiger partial charge in [-0.1, -0.05) is 63.4 Å². The molecule has 3 aliphatic rings. The van der Waals surface area contributed by atoms with Gasteiger partial charge in [0.15, 0.2) is 0 Å². The fourth-order valence-electron chi connectivity index (χ4n) is 7.90. The third kappa shape index (κ3) is 6.91. The zero-order valence-electron chi connectivity index (χ0n) is 28.5. The van der Waals surface area contributed by atoms with Crippen LogP contribution in [0.5, 0.6) is 0 Å². The first-order valence-electron chi connectivity index (χ1n) is 17.1. The number of hydrogen-bond donors (Lipinski definition) is 1. The van der Waals surface area contributed by atoms with Crippen LogP contribution in [0.25, 0.3) is 28.2 Å². The topological polar surface area (TPSA) is 95.0 Å². The van der Waals surface area contributed by atoms with Crippen molar-refractivity contribution in [2.75, 3.05) is 47.3 Å². The minimum Gasteiger partial charge on any atom is -0.338 e. The molecule has 2 atom stereocenters. The van der Waals surface area contributed by atoms with Gasteiger partial charge in [0.05, 0.1) is 12.2 Å². The van der Waals surface area contributed by atoms with Gasteiger partial charge in [0.2, 0.25) is 0 Å². The summed E-state index contributed by atoms with van der Waals surface area (Å²) in [5.74, 6) is 0.647. The second kappa shape index (κ2) is 13.6. The number of hydrogen-bond acceptors (Lipinski definition) is 5. The average Bonchev–Trinajstić information content (AvgIpc) is 3.25. The van der Waals surface area contributed by atoms with Crippen LogP contribution in [-0.4, -0.2) is 86.2 Å². The summed E-state index contributed by atoms with van der Waals surface area (Å²) in [5, 5.41) is 1.07. The number of likely N-dealkylation sites (tertiary alicyclic amines) is 1. The summed E-state index contributed by atoms with van der Waals surface area (Å²) in [6.45, 7) is 7.09. The van der Waals surface area contributed by atoms with Crippen molar-refractivity contribution < 1.29 is 18.0 Å². The molecule has 1 aromatic heterocycles. The third-order valence-corrected chi connectivity index (χ3v) is 11.6. The largest absolute Gasteiger partial charge is 0.338 e. The zero-order chi connectivity index (χ0) is 33.5. The van der Waals surface area contributed by atoms with Crippen LogP contribution in [-0.2, 0) is 21.5 Å². The summed E-state index contributed by atoms with van der Waals surface area (Å²) in [7, 11) is 1.18. The minimum atomic E-state index is -4.03. The number of piperidine rings is 1. The van der Waals surface area contributed by atoms with Gasteiger partial charge in [0.1, 0.15) is 0 Å². The van der Waals surface area contributed by atoms with Crippen LogP contribution in [0.3, 0.4) is 0 Å². The van der Waals surface area contributed by atoms with E-state index in [0.717, 1.165) is 70.0 Å². The molecule has 2 aliphatic heterocycles. The van der Waals surface area contributed by atoms with Gasteiger partial charge in [-0.05, 0) is 80.4 Å². The van der Waals surface area contributed by atoms with E-state index in [2.05, 4.69) is 47.4 Å². The lowest BCUT2D eigenvalue weighted by Gasteiger charge is -2.35. The van der Waals surface area contributed by atoms with Crippen LogP contribution in [0, 0.1) is 11.8 Å². The molecule has 0 bridgehead atoms. The van der Waals surface area contributed by atoms with Gasteiger partial charge in [0, 0.05) is 60.8 Å². The third-order valence-electron chi connectivity index (χ3n) is 10.2. The number of aromatic nitrogens is 1. The fraction of sp³-hybridized carbons (Fsp3) is 0.514. The van der Waals surface area contributed by atoms with Gasteiger partial charge in [-0.2, -0.15) is 12.7 Å². The van der Waals surface area contributed by atoms with E-state index in [0.29, 0.717) is 30.8 Å². The summed E-state index contributed by atoms with van der Waals surface area (Å²) in [5.41, 5.74) is 6.34. The Morgan fingerprint density at radius 3 is 2.34 bits per heavy atom. The smallest absolute Gasteiger partial charge is 0.303 e. The molecule has 10 heteroatoms. The lowest BCUT2D eigenvalue weighted by molar-refractivity contribution is -0.129. The highest BCUT2D eigenvalue weighted by molar-refractivity contribution is 7.87. The van der Waals surface area contributed by atoms with Gasteiger partial charge >= 0.3 is 10.2 Å². The molecule has 9 nitrogen and oxygen atoms in total. The molecule has 3 heterocycles. The monoisotopic (exact) mass is 659 g/mol. The first-order chi connectivity index (χ1) is 22.4. The number of carbonyl (C=O) groups is 2. The number of carbonyl (C=O) groups excluding carboxylic acids is 2. The first-order valence-corrected chi connectivity index (χ1v) is 18.6. The Morgan fingerprint density at radius 1 is 0.936 bits per heavy atom. The van der Waals surface area contributed by atoms with Crippen LogP contribution < -0.4 is 4.72 Å². The molecule has 47 heavy (non-hydrogen) atoms. The molecule has 252 valence electrons. The van der Waals surface area contributed by atoms with Crippen LogP contribution in [0.4, 0.5) is 0 Å². The molecule has 1 unspecified atom stereocenters. The number of benzene rings is 2. The maximum absolute atomic E-state index is 14.3. The Morgan fingerprint density at radius 2 is 1.64 bits per heavy atom. The Balaban J connectivity index is 1.45. The molecule has 1 aliphatic carbocycles. The van der Waals surface area contributed by atoms with E-state index in [1.807, 2.05) is 42.1 Å². The van der Waals surface area contributed by atoms with Crippen molar-refractivity contribution in [2.24, 2.45) is 11.8 Å². The lowest BCUT2D eigenvalue weighted by Crippen LogP contribution is -2.43. The van der Waals surface area contributed by atoms with E-state index in [1.54, 1.807) is 6.07 Å². The number of rotatable bonds is 8. The maximum atomic E-state index is 14.3. The Kier molecular flexibility index (Phi) is 9.65. The number of amides is 2. The Hall–Kier alpha value is -3.47. The van der Waals surface area contributed by atoms with E-state index in [4.69, 9.17) is 0 Å².